The minimum Gasteiger partial charge on any atom is -0.507 e. The topological polar surface area (TPSA) is 83.9 Å². The Morgan fingerprint density at radius 1 is 0.917 bits per heavy atom. The molecule has 0 fully saturated rings. The van der Waals surface area contributed by atoms with Crippen molar-refractivity contribution in [3.8, 4) is 5.75 Å². The number of carbonyl (C=O) groups excluding carboxylic acids is 3. The van der Waals surface area contributed by atoms with Gasteiger partial charge in [-0.1, -0.05) is 40.0 Å². The fraction of sp³-hybridized carbons (Fsp3) is 0.567. The molecule has 1 aromatic rings. The number of allylic oxidation sites excluding steroid dienone is 3. The standard InChI is InChI=1S/C30H43NO5/c1-4-7-11-28(34)29(26-22-24(32)14-17-27(26)33)30(35)23-12-15-25(16-13-23)36-21-10-20-31(18-8-5-2)19-9-6-3/h12-17,26,35H,4-11,18-22H2,1-3H3. The number of hydrogen-bond acceptors (Lipinski definition) is 6. The second-order valence-electron chi connectivity index (χ2n) is 9.52. The summed E-state index contributed by atoms with van der Waals surface area (Å²) in [6, 6.07) is 6.91. The number of rotatable bonds is 17. The van der Waals surface area contributed by atoms with E-state index in [9.17, 15) is 19.5 Å². The Bertz CT molecular complexity index is 908. The largest absolute Gasteiger partial charge is 0.507 e. The van der Waals surface area contributed by atoms with Crippen molar-refractivity contribution < 1.29 is 24.2 Å². The lowest BCUT2D eigenvalue weighted by Gasteiger charge is -2.22. The summed E-state index contributed by atoms with van der Waals surface area (Å²) in [5.74, 6) is -1.32. The molecule has 0 saturated heterocycles. The lowest BCUT2D eigenvalue weighted by atomic mass is 9.81. The van der Waals surface area contributed by atoms with Crippen molar-refractivity contribution in [2.75, 3.05) is 26.2 Å². The van der Waals surface area contributed by atoms with Gasteiger partial charge in [0, 0.05) is 30.5 Å². The number of unbranched alkanes of at least 4 members (excludes halogenated alkanes) is 3. The van der Waals surface area contributed by atoms with Crippen LogP contribution in [0.1, 0.15) is 84.1 Å². The van der Waals surface area contributed by atoms with Crippen molar-refractivity contribution in [1.29, 1.82) is 0 Å². The summed E-state index contributed by atoms with van der Waals surface area (Å²) in [4.78, 5) is 39.9. The number of aliphatic hydroxyl groups is 1. The maximum Gasteiger partial charge on any atom is 0.163 e. The second kappa shape index (κ2) is 16.1. The van der Waals surface area contributed by atoms with Gasteiger partial charge in [-0.3, -0.25) is 14.4 Å². The van der Waals surface area contributed by atoms with Gasteiger partial charge in [0.15, 0.2) is 17.3 Å². The van der Waals surface area contributed by atoms with E-state index < -0.39 is 5.92 Å². The molecule has 6 heteroatoms. The number of aliphatic hydroxyl groups excluding tert-OH is 1. The molecule has 1 unspecified atom stereocenters. The molecule has 0 aromatic heterocycles. The summed E-state index contributed by atoms with van der Waals surface area (Å²) in [5.41, 5.74) is 0.473. The predicted octanol–water partition coefficient (Wildman–Crippen LogP) is 6.10. The van der Waals surface area contributed by atoms with Crippen LogP contribution in [-0.2, 0) is 14.4 Å². The highest BCUT2D eigenvalue weighted by Gasteiger charge is 2.33. The molecule has 0 aliphatic heterocycles. The van der Waals surface area contributed by atoms with Gasteiger partial charge in [0.05, 0.1) is 12.5 Å². The molecule has 0 bridgehead atoms. The predicted molar refractivity (Wildman–Crippen MR) is 144 cm³/mol. The van der Waals surface area contributed by atoms with Gasteiger partial charge < -0.3 is 14.7 Å². The van der Waals surface area contributed by atoms with Crippen LogP contribution in [0.3, 0.4) is 0 Å². The van der Waals surface area contributed by atoms with Crippen LogP contribution in [0.2, 0.25) is 0 Å². The molecule has 2 rings (SSSR count). The number of hydrogen-bond donors (Lipinski definition) is 1. The lowest BCUT2D eigenvalue weighted by molar-refractivity contribution is -0.125. The van der Waals surface area contributed by atoms with Crippen LogP contribution in [0.5, 0.6) is 5.75 Å². The fourth-order valence-corrected chi connectivity index (χ4v) is 4.31. The SMILES string of the molecule is CCCCC(=O)C(=C(O)c1ccc(OCCCN(CCCC)CCCC)cc1)C1CC(=O)C=CC1=O. The van der Waals surface area contributed by atoms with Crippen molar-refractivity contribution in [1.82, 2.24) is 4.90 Å². The number of ketones is 3. The molecule has 1 aromatic carbocycles. The third kappa shape index (κ3) is 9.38. The monoisotopic (exact) mass is 497 g/mol. The Morgan fingerprint density at radius 2 is 1.53 bits per heavy atom. The van der Waals surface area contributed by atoms with Gasteiger partial charge in [0.1, 0.15) is 11.5 Å². The zero-order valence-corrected chi connectivity index (χ0v) is 22.3. The average Bonchev–Trinajstić information content (AvgIpc) is 2.88. The van der Waals surface area contributed by atoms with Crippen molar-refractivity contribution >= 4 is 23.1 Å². The molecule has 6 nitrogen and oxygen atoms in total. The van der Waals surface area contributed by atoms with Gasteiger partial charge in [-0.05, 0) is 75.2 Å². The van der Waals surface area contributed by atoms with Gasteiger partial charge in [0.25, 0.3) is 0 Å². The molecule has 1 aliphatic rings. The maximum absolute atomic E-state index is 13.0. The highest BCUT2D eigenvalue weighted by Crippen LogP contribution is 2.30. The van der Waals surface area contributed by atoms with Crippen molar-refractivity contribution in [2.24, 2.45) is 5.92 Å². The van der Waals surface area contributed by atoms with Crippen molar-refractivity contribution in [3.05, 3.63) is 47.6 Å². The first-order chi connectivity index (χ1) is 17.4. The van der Waals surface area contributed by atoms with Crippen molar-refractivity contribution in [2.45, 2.75) is 78.6 Å². The van der Waals surface area contributed by atoms with Crippen LogP contribution in [0.25, 0.3) is 5.76 Å². The van der Waals surface area contributed by atoms with Crippen molar-refractivity contribution in [3.63, 3.8) is 0 Å². The smallest absolute Gasteiger partial charge is 0.163 e. The van der Waals surface area contributed by atoms with Crippen LogP contribution in [-0.4, -0.2) is 53.6 Å². The summed E-state index contributed by atoms with van der Waals surface area (Å²) in [7, 11) is 0. The highest BCUT2D eigenvalue weighted by molar-refractivity contribution is 6.14. The first-order valence-electron chi connectivity index (χ1n) is 13.6. The lowest BCUT2D eigenvalue weighted by Crippen LogP contribution is -2.28. The number of carbonyl (C=O) groups is 3. The van der Waals surface area contributed by atoms with E-state index in [1.165, 1.54) is 37.8 Å². The zero-order chi connectivity index (χ0) is 26.3. The molecule has 36 heavy (non-hydrogen) atoms. The Kier molecular flexibility index (Phi) is 13.2. The van der Waals surface area contributed by atoms with Gasteiger partial charge in [0.2, 0.25) is 0 Å². The van der Waals surface area contributed by atoms with Crippen LogP contribution in [0.4, 0.5) is 0 Å². The third-order valence-electron chi connectivity index (χ3n) is 6.51. The van der Waals surface area contributed by atoms with Gasteiger partial charge in [-0.25, -0.2) is 0 Å². The molecule has 1 N–H and O–H groups in total. The van der Waals surface area contributed by atoms with E-state index in [1.807, 2.05) is 6.92 Å². The number of benzene rings is 1. The maximum atomic E-state index is 13.0. The summed E-state index contributed by atoms with van der Waals surface area (Å²) in [5, 5.41) is 11.0. The fourth-order valence-electron chi connectivity index (χ4n) is 4.31. The van der Waals surface area contributed by atoms with E-state index in [2.05, 4.69) is 18.7 Å². The normalized spacial score (nSPS) is 16.4. The molecule has 1 atom stereocenters. The first-order valence-corrected chi connectivity index (χ1v) is 13.6. The molecular weight excluding hydrogens is 454 g/mol. The van der Waals surface area contributed by atoms with E-state index in [0.717, 1.165) is 32.5 Å². The Balaban J connectivity index is 2.07. The van der Waals surface area contributed by atoms with Gasteiger partial charge >= 0.3 is 0 Å². The minimum atomic E-state index is -0.939. The minimum absolute atomic E-state index is 0.0408. The van der Waals surface area contributed by atoms with Crippen LogP contribution in [0.15, 0.2) is 42.0 Å². The van der Waals surface area contributed by atoms with E-state index in [1.54, 1.807) is 24.3 Å². The Hall–Kier alpha value is -2.73. The molecular formula is C30H43NO5. The van der Waals surface area contributed by atoms with Crippen LogP contribution >= 0.6 is 0 Å². The second-order valence-corrected chi connectivity index (χ2v) is 9.52. The van der Waals surface area contributed by atoms with E-state index >= 15 is 0 Å². The summed E-state index contributed by atoms with van der Waals surface area (Å²) >= 11 is 0. The zero-order valence-electron chi connectivity index (χ0n) is 22.3. The Morgan fingerprint density at radius 3 is 2.14 bits per heavy atom. The number of ether oxygens (including phenoxy) is 1. The van der Waals surface area contributed by atoms with Gasteiger partial charge in [-0.2, -0.15) is 0 Å². The molecule has 0 heterocycles. The molecule has 0 spiro atoms. The van der Waals surface area contributed by atoms with E-state index in [0.29, 0.717) is 24.3 Å². The summed E-state index contributed by atoms with van der Waals surface area (Å²) < 4.78 is 5.91. The summed E-state index contributed by atoms with van der Waals surface area (Å²) in [6.07, 6.45) is 9.80. The number of Topliss-reactive ketones (excluding diaryl/α,β-unsaturated/α-hetero) is 1. The average molecular weight is 498 g/mol. The molecule has 0 amide bonds. The number of nitrogens with zero attached hydrogens (tertiary/aromatic N) is 1. The van der Waals surface area contributed by atoms with Crippen LogP contribution < -0.4 is 4.74 Å². The first kappa shape index (κ1) is 29.5. The molecule has 0 radical (unpaired) electrons. The van der Waals surface area contributed by atoms with Gasteiger partial charge in [-0.15, -0.1) is 0 Å². The molecule has 0 saturated carbocycles. The summed E-state index contributed by atoms with van der Waals surface area (Å²) in [6.45, 7) is 10.3. The highest BCUT2D eigenvalue weighted by atomic mass is 16.5. The van der Waals surface area contributed by atoms with E-state index in [-0.39, 0.29) is 41.5 Å². The quantitative estimate of drug-likeness (QED) is 0.159. The third-order valence-corrected chi connectivity index (χ3v) is 6.51. The molecule has 198 valence electrons. The molecule has 1 aliphatic carbocycles. The van der Waals surface area contributed by atoms with E-state index in [4.69, 9.17) is 4.74 Å². The van der Waals surface area contributed by atoms with Crippen LogP contribution in [0, 0.1) is 5.92 Å². The Labute approximate surface area is 216 Å².